The third-order valence-electron chi connectivity index (χ3n) is 7.13. The summed E-state index contributed by atoms with van der Waals surface area (Å²) in [5, 5.41) is 15.8. The Kier molecular flexibility index (Phi) is 8.59. The lowest BCUT2D eigenvalue weighted by molar-refractivity contribution is -0.181. The van der Waals surface area contributed by atoms with Crippen molar-refractivity contribution in [3.63, 3.8) is 0 Å². The molecular formula is C30H31F2N5O3. The van der Waals surface area contributed by atoms with E-state index in [9.17, 15) is 13.9 Å². The Labute approximate surface area is 231 Å². The van der Waals surface area contributed by atoms with Crippen LogP contribution in [0.4, 0.5) is 8.78 Å². The normalized spacial score (nSPS) is 20.2. The third-order valence-corrected chi connectivity index (χ3v) is 7.13. The molecule has 1 aliphatic rings. The monoisotopic (exact) mass is 547 g/mol. The van der Waals surface area contributed by atoms with Crippen LogP contribution in [-0.4, -0.2) is 48.9 Å². The topological polar surface area (TPSA) is 87.2 Å². The highest BCUT2D eigenvalue weighted by molar-refractivity contribution is 5.53. The molecule has 10 heteroatoms. The maximum atomic E-state index is 14.8. The third kappa shape index (κ3) is 6.59. The second-order valence-electron chi connectivity index (χ2n) is 9.98. The van der Waals surface area contributed by atoms with E-state index >= 15 is 0 Å². The van der Waals surface area contributed by atoms with Crippen LogP contribution in [0.3, 0.4) is 0 Å². The van der Waals surface area contributed by atoms with Crippen LogP contribution in [0.1, 0.15) is 24.5 Å². The number of imidazole rings is 1. The fourth-order valence-corrected chi connectivity index (χ4v) is 4.90. The van der Waals surface area contributed by atoms with Gasteiger partial charge < -0.3 is 19.1 Å². The standard InChI is InChI=1S/C30H31F2N5O3/c1-22(30(38,18-37-21-34-19-35-37)27-11-8-25(31)15-28(27)32)14-24-16-39-29(40-17-24)5-3-2-4-23-6-9-26(10-7-23)36-13-12-33-20-36/h2-13,15,19-22,24,29,38H,14,16-18H2,1H3. The molecule has 5 rings (SSSR count). The van der Waals surface area contributed by atoms with Gasteiger partial charge in [-0.2, -0.15) is 5.10 Å². The van der Waals surface area contributed by atoms with Crippen molar-refractivity contribution in [3.05, 3.63) is 115 Å². The van der Waals surface area contributed by atoms with Crippen LogP contribution in [0.25, 0.3) is 11.8 Å². The van der Waals surface area contributed by atoms with Crippen molar-refractivity contribution in [1.29, 1.82) is 0 Å². The Morgan fingerprint density at radius 2 is 1.88 bits per heavy atom. The van der Waals surface area contributed by atoms with Crippen LogP contribution in [0.2, 0.25) is 0 Å². The first-order valence-electron chi connectivity index (χ1n) is 13.1. The highest BCUT2D eigenvalue weighted by Gasteiger charge is 2.40. The summed E-state index contributed by atoms with van der Waals surface area (Å²) in [4.78, 5) is 7.98. The number of halogens is 2. The second-order valence-corrected chi connectivity index (χ2v) is 9.98. The highest BCUT2D eigenvalue weighted by Crippen LogP contribution is 2.37. The zero-order chi connectivity index (χ0) is 28.0. The first kappa shape index (κ1) is 27.6. The SMILES string of the molecule is CC(CC1COC(C=CC=Cc2ccc(-n3ccnc3)cc2)OC1)C(O)(Cn1cncn1)c1ccc(F)cc1F. The van der Waals surface area contributed by atoms with Gasteiger partial charge in [0.15, 0.2) is 6.29 Å². The number of allylic oxidation sites excluding steroid dienone is 2. The molecule has 0 aliphatic carbocycles. The molecule has 0 amide bonds. The number of aromatic nitrogens is 5. The number of aliphatic hydroxyl groups is 1. The van der Waals surface area contributed by atoms with Crippen molar-refractivity contribution in [2.75, 3.05) is 13.2 Å². The summed E-state index contributed by atoms with van der Waals surface area (Å²) < 4.78 is 43.5. The minimum absolute atomic E-state index is 0.0125. The molecule has 0 spiro atoms. The van der Waals surface area contributed by atoms with E-state index in [-0.39, 0.29) is 18.0 Å². The van der Waals surface area contributed by atoms with Gasteiger partial charge >= 0.3 is 0 Å². The zero-order valence-electron chi connectivity index (χ0n) is 22.1. The van der Waals surface area contributed by atoms with Crippen LogP contribution in [0.15, 0.2) is 92.1 Å². The van der Waals surface area contributed by atoms with Crippen LogP contribution in [0.5, 0.6) is 0 Å². The van der Waals surface area contributed by atoms with E-state index < -0.39 is 29.4 Å². The maximum Gasteiger partial charge on any atom is 0.177 e. The molecule has 1 saturated heterocycles. The molecule has 208 valence electrons. The quantitative estimate of drug-likeness (QED) is 0.284. The van der Waals surface area contributed by atoms with Gasteiger partial charge in [0, 0.05) is 35.6 Å². The minimum Gasteiger partial charge on any atom is -0.383 e. The van der Waals surface area contributed by atoms with Gasteiger partial charge in [0.25, 0.3) is 0 Å². The number of ether oxygens (including phenoxy) is 2. The largest absolute Gasteiger partial charge is 0.383 e. The molecule has 2 aromatic heterocycles. The molecule has 1 fully saturated rings. The molecule has 0 saturated carbocycles. The highest BCUT2D eigenvalue weighted by atomic mass is 19.1. The van der Waals surface area contributed by atoms with Crippen LogP contribution < -0.4 is 0 Å². The molecule has 0 bridgehead atoms. The Balaban J connectivity index is 1.15. The summed E-state index contributed by atoms with van der Waals surface area (Å²) in [5.74, 6) is -1.96. The zero-order valence-corrected chi connectivity index (χ0v) is 22.1. The lowest BCUT2D eigenvalue weighted by Crippen LogP contribution is -2.42. The van der Waals surface area contributed by atoms with Gasteiger partial charge in [-0.15, -0.1) is 0 Å². The number of rotatable bonds is 10. The van der Waals surface area contributed by atoms with Crippen molar-refractivity contribution >= 4 is 6.08 Å². The summed E-state index contributed by atoms with van der Waals surface area (Å²) in [7, 11) is 0. The van der Waals surface area contributed by atoms with E-state index in [2.05, 4.69) is 15.1 Å². The molecule has 2 unspecified atom stereocenters. The Morgan fingerprint density at radius 1 is 1.07 bits per heavy atom. The van der Waals surface area contributed by atoms with E-state index in [4.69, 9.17) is 9.47 Å². The van der Waals surface area contributed by atoms with Crippen LogP contribution in [-0.2, 0) is 21.6 Å². The second kappa shape index (κ2) is 12.5. The lowest BCUT2D eigenvalue weighted by Gasteiger charge is -2.38. The number of hydrogen-bond acceptors (Lipinski definition) is 6. The van der Waals surface area contributed by atoms with E-state index in [1.54, 1.807) is 12.5 Å². The predicted molar refractivity (Wildman–Crippen MR) is 145 cm³/mol. The van der Waals surface area contributed by atoms with Crippen molar-refractivity contribution in [2.45, 2.75) is 31.8 Å². The van der Waals surface area contributed by atoms with E-state index in [1.807, 2.05) is 66.3 Å². The average molecular weight is 548 g/mol. The smallest absolute Gasteiger partial charge is 0.177 e. The molecule has 3 heterocycles. The van der Waals surface area contributed by atoms with Gasteiger partial charge in [-0.1, -0.05) is 43.4 Å². The van der Waals surface area contributed by atoms with Crippen molar-refractivity contribution in [1.82, 2.24) is 24.3 Å². The molecule has 0 radical (unpaired) electrons. The van der Waals surface area contributed by atoms with Crippen LogP contribution in [0, 0.1) is 23.5 Å². The molecule has 40 heavy (non-hydrogen) atoms. The number of nitrogens with zero attached hydrogens (tertiary/aromatic N) is 5. The van der Waals surface area contributed by atoms with E-state index in [0.29, 0.717) is 19.6 Å². The van der Waals surface area contributed by atoms with Gasteiger partial charge in [-0.25, -0.2) is 23.4 Å². The molecule has 2 atom stereocenters. The minimum atomic E-state index is -1.65. The van der Waals surface area contributed by atoms with E-state index in [1.165, 1.54) is 23.4 Å². The number of benzene rings is 2. The average Bonchev–Trinajstić information content (AvgIpc) is 3.67. The predicted octanol–water partition coefficient (Wildman–Crippen LogP) is 4.91. The Bertz CT molecular complexity index is 1420. The fourth-order valence-electron chi connectivity index (χ4n) is 4.90. The van der Waals surface area contributed by atoms with Gasteiger partial charge in [0.05, 0.1) is 26.1 Å². The molecule has 8 nitrogen and oxygen atoms in total. The summed E-state index contributed by atoms with van der Waals surface area (Å²) >= 11 is 0. The molecule has 2 aromatic carbocycles. The summed E-state index contributed by atoms with van der Waals surface area (Å²) in [6.07, 6.45) is 15.8. The first-order valence-corrected chi connectivity index (χ1v) is 13.1. The van der Waals surface area contributed by atoms with Gasteiger partial charge in [-0.3, -0.25) is 0 Å². The number of hydrogen-bond donors (Lipinski definition) is 1. The fraction of sp³-hybridized carbons (Fsp3) is 0.300. The van der Waals surface area contributed by atoms with Crippen molar-refractivity contribution in [3.8, 4) is 5.69 Å². The lowest BCUT2D eigenvalue weighted by atomic mass is 9.77. The molecule has 1 aliphatic heterocycles. The van der Waals surface area contributed by atoms with E-state index in [0.717, 1.165) is 23.4 Å². The van der Waals surface area contributed by atoms with Gasteiger partial charge in [0.1, 0.15) is 29.9 Å². The summed E-state index contributed by atoms with van der Waals surface area (Å²) in [6.45, 7) is 2.64. The summed E-state index contributed by atoms with van der Waals surface area (Å²) in [6, 6.07) is 11.3. The summed E-state index contributed by atoms with van der Waals surface area (Å²) in [5.41, 5.74) is 0.463. The first-order chi connectivity index (χ1) is 19.4. The molecular weight excluding hydrogens is 516 g/mol. The van der Waals surface area contributed by atoms with Crippen LogP contribution >= 0.6 is 0 Å². The maximum absolute atomic E-state index is 14.8. The van der Waals surface area contributed by atoms with Gasteiger partial charge in [-0.05, 0) is 42.2 Å². The molecule has 4 aromatic rings. The van der Waals surface area contributed by atoms with Crippen molar-refractivity contribution < 1.29 is 23.4 Å². The molecule has 1 N–H and O–H groups in total. The Morgan fingerprint density at radius 3 is 2.55 bits per heavy atom. The van der Waals surface area contributed by atoms with Crippen molar-refractivity contribution in [2.24, 2.45) is 11.8 Å². The Hall–Kier alpha value is -3.99. The van der Waals surface area contributed by atoms with Gasteiger partial charge in [0.2, 0.25) is 0 Å².